The van der Waals surface area contributed by atoms with Gasteiger partial charge in [0.15, 0.2) is 5.82 Å². The highest BCUT2D eigenvalue weighted by Gasteiger charge is 2.35. The summed E-state index contributed by atoms with van der Waals surface area (Å²) in [5, 5.41) is 9.59. The molecule has 1 heterocycles. The first kappa shape index (κ1) is 27.7. The molecule has 9 nitrogen and oxygen atoms in total. The van der Waals surface area contributed by atoms with Crippen molar-refractivity contribution in [2.24, 2.45) is 0 Å². The number of rotatable bonds is 9. The first-order chi connectivity index (χ1) is 17.5. The van der Waals surface area contributed by atoms with Crippen molar-refractivity contribution in [3.63, 3.8) is 0 Å². The third-order valence-corrected chi connectivity index (χ3v) is 5.60. The average molecular weight is 527 g/mol. The lowest BCUT2D eigenvalue weighted by Gasteiger charge is -2.34. The van der Waals surface area contributed by atoms with Gasteiger partial charge in [-0.2, -0.15) is 0 Å². The number of anilines is 2. The number of ether oxygens (including phenoxy) is 1. The molecule has 0 bridgehead atoms. The highest BCUT2D eigenvalue weighted by molar-refractivity contribution is 6.34. The smallest absolute Gasteiger partial charge is 0.248 e. The van der Waals surface area contributed by atoms with E-state index in [1.165, 1.54) is 4.90 Å². The summed E-state index contributed by atoms with van der Waals surface area (Å²) in [4.78, 5) is 41.2. The Kier molecular flexibility index (Phi) is 8.94. The van der Waals surface area contributed by atoms with Crippen molar-refractivity contribution in [1.82, 2.24) is 10.5 Å². The summed E-state index contributed by atoms with van der Waals surface area (Å²) in [5.74, 6) is 0.148. The van der Waals surface area contributed by atoms with Gasteiger partial charge in [0.1, 0.15) is 17.6 Å². The second-order valence-corrected chi connectivity index (χ2v) is 9.91. The van der Waals surface area contributed by atoms with E-state index in [1.807, 2.05) is 20.8 Å². The number of nitrogens with one attached hydrogen (secondary N) is 2. The van der Waals surface area contributed by atoms with Crippen molar-refractivity contribution in [3.05, 3.63) is 70.9 Å². The number of halogens is 1. The lowest BCUT2D eigenvalue weighted by molar-refractivity contribution is -0.128. The van der Waals surface area contributed by atoms with E-state index in [2.05, 4.69) is 15.8 Å². The predicted molar refractivity (Wildman–Crippen MR) is 142 cm³/mol. The summed E-state index contributed by atoms with van der Waals surface area (Å²) < 4.78 is 10.2. The standard InChI is InChI=1S/C27H31ClN4O5/c1-17-16-22(31-37-17)29-23(33)14-15-24(34)32(21-9-7-6-8-20(21)28)25(26(35)30-27(2,3)4)18-10-12-19(36-5)13-11-18/h6-13,16,25H,14-15H2,1-5H3,(H,30,35)(H,29,31,33)/t25-/m0/s1. The minimum atomic E-state index is -1.06. The Balaban J connectivity index is 1.97. The van der Waals surface area contributed by atoms with Gasteiger partial charge in [-0.15, -0.1) is 0 Å². The number of nitrogens with zero attached hydrogens (tertiary/aromatic N) is 2. The zero-order valence-corrected chi connectivity index (χ0v) is 22.3. The van der Waals surface area contributed by atoms with Gasteiger partial charge in [0, 0.05) is 24.4 Å². The molecule has 0 saturated carbocycles. The first-order valence-corrected chi connectivity index (χ1v) is 12.1. The van der Waals surface area contributed by atoms with Gasteiger partial charge >= 0.3 is 0 Å². The summed E-state index contributed by atoms with van der Waals surface area (Å²) >= 11 is 6.51. The molecule has 0 fully saturated rings. The second kappa shape index (κ2) is 11.9. The molecule has 0 radical (unpaired) electrons. The van der Waals surface area contributed by atoms with E-state index in [4.69, 9.17) is 20.9 Å². The summed E-state index contributed by atoms with van der Waals surface area (Å²) in [6, 6.07) is 14.2. The molecule has 196 valence electrons. The molecule has 0 unspecified atom stereocenters. The maximum absolute atomic E-state index is 13.7. The molecule has 37 heavy (non-hydrogen) atoms. The van der Waals surface area contributed by atoms with Crippen LogP contribution in [0.4, 0.5) is 11.5 Å². The van der Waals surface area contributed by atoms with Gasteiger partial charge in [-0.05, 0) is 57.5 Å². The lowest BCUT2D eigenvalue weighted by Crippen LogP contribution is -2.49. The molecule has 3 aromatic rings. The van der Waals surface area contributed by atoms with Crippen molar-refractivity contribution in [2.45, 2.75) is 52.1 Å². The van der Waals surface area contributed by atoms with Crippen molar-refractivity contribution in [3.8, 4) is 5.75 Å². The van der Waals surface area contributed by atoms with Gasteiger partial charge in [-0.1, -0.05) is 41.0 Å². The average Bonchev–Trinajstić information content (AvgIpc) is 3.24. The monoisotopic (exact) mass is 526 g/mol. The van der Waals surface area contributed by atoms with Crippen LogP contribution in [0.2, 0.25) is 5.02 Å². The van der Waals surface area contributed by atoms with Crippen LogP contribution < -0.4 is 20.3 Å². The number of methoxy groups -OCH3 is 1. The molecule has 0 aliphatic rings. The Morgan fingerprint density at radius 3 is 2.32 bits per heavy atom. The van der Waals surface area contributed by atoms with E-state index < -0.39 is 29.3 Å². The fourth-order valence-electron chi connectivity index (χ4n) is 3.68. The number of aryl methyl sites for hydroxylation is 1. The van der Waals surface area contributed by atoms with Crippen LogP contribution >= 0.6 is 11.6 Å². The SMILES string of the molecule is COc1ccc([C@@H](C(=O)NC(C)(C)C)N(C(=O)CCC(=O)Nc2cc(C)on2)c2ccccc2Cl)cc1. The molecule has 3 amide bonds. The summed E-state index contributed by atoms with van der Waals surface area (Å²) in [6.45, 7) is 7.27. The van der Waals surface area contributed by atoms with Crippen molar-refractivity contribution in [1.29, 1.82) is 0 Å². The topological polar surface area (TPSA) is 114 Å². The van der Waals surface area contributed by atoms with Crippen molar-refractivity contribution < 1.29 is 23.6 Å². The number of para-hydroxylation sites is 1. The molecule has 3 rings (SSSR count). The van der Waals surface area contributed by atoms with Gasteiger partial charge in [-0.25, -0.2) is 0 Å². The molecule has 2 aromatic carbocycles. The van der Waals surface area contributed by atoms with E-state index in [0.29, 0.717) is 27.8 Å². The predicted octanol–water partition coefficient (Wildman–Crippen LogP) is 5.05. The fourth-order valence-corrected chi connectivity index (χ4v) is 3.90. The van der Waals surface area contributed by atoms with Crippen LogP contribution in [-0.2, 0) is 14.4 Å². The van der Waals surface area contributed by atoms with Crippen LogP contribution in [0.25, 0.3) is 0 Å². The van der Waals surface area contributed by atoms with Gasteiger partial charge in [0.25, 0.3) is 0 Å². The molecule has 2 N–H and O–H groups in total. The summed E-state index contributed by atoms with van der Waals surface area (Å²) in [6.07, 6.45) is -0.314. The normalized spacial score (nSPS) is 11.9. The number of hydrogen-bond donors (Lipinski definition) is 2. The zero-order valence-electron chi connectivity index (χ0n) is 21.5. The van der Waals surface area contributed by atoms with Crippen LogP contribution in [0.1, 0.15) is 51.0 Å². The maximum Gasteiger partial charge on any atom is 0.248 e. The van der Waals surface area contributed by atoms with Crippen LogP contribution in [0.3, 0.4) is 0 Å². The minimum Gasteiger partial charge on any atom is -0.497 e. The number of benzene rings is 2. The molecular formula is C27H31ClN4O5. The Morgan fingerprint density at radius 1 is 1.08 bits per heavy atom. The summed E-state index contributed by atoms with van der Waals surface area (Å²) in [5.41, 5.74) is 0.344. The van der Waals surface area contributed by atoms with Crippen LogP contribution in [0.15, 0.2) is 59.1 Å². The Hall–Kier alpha value is -3.85. The van der Waals surface area contributed by atoms with E-state index in [0.717, 1.165) is 0 Å². The Bertz CT molecular complexity index is 1250. The molecule has 10 heteroatoms. The molecule has 0 spiro atoms. The van der Waals surface area contributed by atoms with Crippen LogP contribution in [-0.4, -0.2) is 35.5 Å². The Morgan fingerprint density at radius 2 is 1.76 bits per heavy atom. The maximum atomic E-state index is 13.7. The highest BCUT2D eigenvalue weighted by atomic mass is 35.5. The highest BCUT2D eigenvalue weighted by Crippen LogP contribution is 2.35. The lowest BCUT2D eigenvalue weighted by atomic mass is 10.00. The van der Waals surface area contributed by atoms with E-state index >= 15 is 0 Å². The first-order valence-electron chi connectivity index (χ1n) is 11.7. The molecule has 0 saturated heterocycles. The van der Waals surface area contributed by atoms with Crippen LogP contribution in [0.5, 0.6) is 5.75 Å². The Labute approximate surface area is 221 Å². The van der Waals surface area contributed by atoms with Gasteiger partial charge in [0.05, 0.1) is 17.8 Å². The number of amides is 3. The van der Waals surface area contributed by atoms with Gasteiger partial charge in [-0.3, -0.25) is 19.3 Å². The zero-order chi connectivity index (χ0) is 27.2. The second-order valence-electron chi connectivity index (χ2n) is 9.50. The third kappa shape index (κ3) is 7.57. The van der Waals surface area contributed by atoms with Crippen molar-refractivity contribution in [2.75, 3.05) is 17.3 Å². The quantitative estimate of drug-likeness (QED) is 0.403. The van der Waals surface area contributed by atoms with Crippen LogP contribution in [0, 0.1) is 6.92 Å². The van der Waals surface area contributed by atoms with E-state index in [1.54, 1.807) is 68.6 Å². The summed E-state index contributed by atoms with van der Waals surface area (Å²) in [7, 11) is 1.55. The van der Waals surface area contributed by atoms with Crippen molar-refractivity contribution >= 4 is 40.8 Å². The fraction of sp³-hybridized carbons (Fsp3) is 0.333. The molecule has 1 aromatic heterocycles. The van der Waals surface area contributed by atoms with E-state index in [-0.39, 0.29) is 18.7 Å². The number of carbonyl (C=O) groups excluding carboxylic acids is 3. The molecule has 1 atom stereocenters. The number of carbonyl (C=O) groups is 3. The minimum absolute atomic E-state index is 0.137. The molecular weight excluding hydrogens is 496 g/mol. The largest absolute Gasteiger partial charge is 0.497 e. The van der Waals surface area contributed by atoms with Gasteiger partial charge < -0.3 is 19.9 Å². The van der Waals surface area contributed by atoms with E-state index in [9.17, 15) is 14.4 Å². The third-order valence-electron chi connectivity index (χ3n) is 5.28. The number of aromatic nitrogens is 1. The van der Waals surface area contributed by atoms with Gasteiger partial charge in [0.2, 0.25) is 17.7 Å². The number of hydrogen-bond acceptors (Lipinski definition) is 6. The molecule has 0 aliphatic heterocycles. The molecule has 0 aliphatic carbocycles.